The average Bonchev–Trinajstić information content (AvgIpc) is 3.08. The molecule has 1 amide bonds. The van der Waals surface area contributed by atoms with Crippen molar-refractivity contribution in [1.82, 2.24) is 9.78 Å². The molecule has 0 unspecified atom stereocenters. The maximum atomic E-state index is 13.2. The Hall–Kier alpha value is -4.15. The number of nitrogens with zero attached hydrogens (tertiary/aromatic N) is 4. The first-order valence-corrected chi connectivity index (χ1v) is 7.85. The van der Waals surface area contributed by atoms with Crippen LogP contribution in [0.5, 0.6) is 0 Å². The highest BCUT2D eigenvalue weighted by atomic mass is 19.1. The third kappa shape index (κ3) is 4.33. The molecule has 1 heterocycles. The van der Waals surface area contributed by atoms with Gasteiger partial charge < -0.3 is 5.32 Å². The standard InChI is InChI=1S/C17H12FN5O5/c18-13-3-1-2-11(6-13)10-21-5-4-16(20-21)19-17(24)12-7-14(22(25)26)9-15(8-12)23(27)28/h1-9H,10H2,(H,19,20,24). The van der Waals surface area contributed by atoms with Crippen molar-refractivity contribution < 1.29 is 19.0 Å². The summed E-state index contributed by atoms with van der Waals surface area (Å²) >= 11 is 0. The lowest BCUT2D eigenvalue weighted by Gasteiger charge is -2.04. The van der Waals surface area contributed by atoms with Crippen LogP contribution >= 0.6 is 0 Å². The molecule has 2 aromatic carbocycles. The minimum atomic E-state index is -0.822. The minimum Gasteiger partial charge on any atom is -0.305 e. The molecule has 10 nitrogen and oxygen atoms in total. The van der Waals surface area contributed by atoms with Crippen molar-refractivity contribution >= 4 is 23.1 Å². The quantitative estimate of drug-likeness (QED) is 0.512. The number of carbonyl (C=O) groups is 1. The number of aromatic nitrogens is 2. The average molecular weight is 385 g/mol. The first-order chi connectivity index (χ1) is 13.3. The predicted octanol–water partition coefficient (Wildman–Crippen LogP) is 3.14. The zero-order chi connectivity index (χ0) is 20.3. The summed E-state index contributed by atoms with van der Waals surface area (Å²) in [7, 11) is 0. The first-order valence-electron chi connectivity index (χ1n) is 7.85. The topological polar surface area (TPSA) is 133 Å². The summed E-state index contributed by atoms with van der Waals surface area (Å²) in [6, 6.07) is 10.1. The van der Waals surface area contributed by atoms with E-state index in [0.717, 1.165) is 18.2 Å². The van der Waals surface area contributed by atoms with Crippen molar-refractivity contribution in [2.75, 3.05) is 5.32 Å². The van der Waals surface area contributed by atoms with Crippen LogP contribution in [-0.2, 0) is 6.54 Å². The Morgan fingerprint density at radius 3 is 2.36 bits per heavy atom. The fourth-order valence-corrected chi connectivity index (χ4v) is 2.46. The van der Waals surface area contributed by atoms with Crippen molar-refractivity contribution in [3.8, 4) is 0 Å². The number of rotatable bonds is 6. The van der Waals surface area contributed by atoms with E-state index in [9.17, 15) is 29.4 Å². The van der Waals surface area contributed by atoms with Crippen LogP contribution in [0.25, 0.3) is 0 Å². The van der Waals surface area contributed by atoms with E-state index in [4.69, 9.17) is 0 Å². The molecule has 1 N–H and O–H groups in total. The summed E-state index contributed by atoms with van der Waals surface area (Å²) < 4.78 is 14.7. The van der Waals surface area contributed by atoms with E-state index >= 15 is 0 Å². The van der Waals surface area contributed by atoms with E-state index < -0.39 is 27.1 Å². The van der Waals surface area contributed by atoms with Gasteiger partial charge in [-0.15, -0.1) is 0 Å². The van der Waals surface area contributed by atoms with Crippen LogP contribution in [0.4, 0.5) is 21.6 Å². The van der Waals surface area contributed by atoms with Gasteiger partial charge in [0.1, 0.15) is 5.82 Å². The maximum Gasteiger partial charge on any atom is 0.277 e. The molecule has 3 aromatic rings. The van der Waals surface area contributed by atoms with Gasteiger partial charge in [-0.25, -0.2) is 4.39 Å². The number of carbonyl (C=O) groups excluding carboxylic acids is 1. The van der Waals surface area contributed by atoms with Gasteiger partial charge in [0, 0.05) is 24.4 Å². The summed E-state index contributed by atoms with van der Waals surface area (Å²) in [5, 5.41) is 28.4. The third-order valence-electron chi connectivity index (χ3n) is 3.70. The summed E-state index contributed by atoms with van der Waals surface area (Å²) in [5.74, 6) is -1.04. The van der Waals surface area contributed by atoms with Gasteiger partial charge >= 0.3 is 0 Å². The molecule has 142 valence electrons. The lowest BCUT2D eigenvalue weighted by Crippen LogP contribution is -2.13. The molecule has 0 aliphatic carbocycles. The molecule has 1 aromatic heterocycles. The lowest BCUT2D eigenvalue weighted by atomic mass is 10.1. The van der Waals surface area contributed by atoms with Gasteiger partial charge in [-0.2, -0.15) is 5.10 Å². The molecule has 0 fully saturated rings. The van der Waals surface area contributed by atoms with Crippen molar-refractivity contribution in [2.45, 2.75) is 6.54 Å². The van der Waals surface area contributed by atoms with E-state index in [1.54, 1.807) is 18.3 Å². The van der Waals surface area contributed by atoms with E-state index in [1.807, 2.05) is 0 Å². The highest BCUT2D eigenvalue weighted by molar-refractivity contribution is 6.04. The Bertz CT molecular complexity index is 1050. The predicted molar refractivity (Wildman–Crippen MR) is 95.4 cm³/mol. The summed E-state index contributed by atoms with van der Waals surface area (Å²) in [6.45, 7) is 0.260. The number of nitrogens with one attached hydrogen (secondary N) is 1. The maximum absolute atomic E-state index is 13.2. The molecule has 0 saturated carbocycles. The number of nitro benzene ring substituents is 2. The van der Waals surface area contributed by atoms with Crippen LogP contribution in [-0.4, -0.2) is 25.5 Å². The molecule has 0 saturated heterocycles. The Kier molecular flexibility index (Phi) is 5.07. The van der Waals surface area contributed by atoms with Crippen molar-refractivity contribution in [3.63, 3.8) is 0 Å². The number of amides is 1. The number of non-ortho nitro benzene ring substituents is 2. The highest BCUT2D eigenvalue weighted by Gasteiger charge is 2.20. The molecule has 0 aliphatic heterocycles. The van der Waals surface area contributed by atoms with Crippen molar-refractivity contribution in [3.05, 3.63) is 91.9 Å². The molecule has 0 aliphatic rings. The molecule has 0 bridgehead atoms. The fourth-order valence-electron chi connectivity index (χ4n) is 2.46. The Morgan fingerprint density at radius 2 is 1.75 bits per heavy atom. The molecule has 28 heavy (non-hydrogen) atoms. The molecule has 11 heteroatoms. The highest BCUT2D eigenvalue weighted by Crippen LogP contribution is 2.23. The van der Waals surface area contributed by atoms with Gasteiger partial charge in [0.05, 0.1) is 28.0 Å². The van der Waals surface area contributed by atoms with E-state index in [-0.39, 0.29) is 23.7 Å². The normalized spacial score (nSPS) is 10.5. The van der Waals surface area contributed by atoms with E-state index in [1.165, 1.54) is 22.9 Å². The molecule has 3 rings (SSSR count). The third-order valence-corrected chi connectivity index (χ3v) is 3.70. The van der Waals surface area contributed by atoms with E-state index in [2.05, 4.69) is 10.4 Å². The summed E-state index contributed by atoms with van der Waals surface area (Å²) in [5.41, 5.74) is -0.733. The minimum absolute atomic E-state index is 0.135. The number of hydrogen-bond donors (Lipinski definition) is 1. The second-order valence-electron chi connectivity index (χ2n) is 5.73. The molecule has 0 spiro atoms. The monoisotopic (exact) mass is 385 g/mol. The van der Waals surface area contributed by atoms with Gasteiger partial charge in [0.15, 0.2) is 5.82 Å². The van der Waals surface area contributed by atoms with Crippen molar-refractivity contribution in [2.24, 2.45) is 0 Å². The number of hydrogen-bond acceptors (Lipinski definition) is 6. The molecule has 0 radical (unpaired) electrons. The SMILES string of the molecule is O=C(Nc1ccn(Cc2cccc(F)c2)n1)c1cc([N+](=O)[O-])cc([N+](=O)[O-])c1. The Morgan fingerprint density at radius 1 is 1.07 bits per heavy atom. The number of nitro groups is 2. The van der Waals surface area contributed by atoms with Gasteiger partial charge in [-0.3, -0.25) is 29.7 Å². The number of halogens is 1. The molecular formula is C17H12FN5O5. The molecular weight excluding hydrogens is 373 g/mol. The zero-order valence-electron chi connectivity index (χ0n) is 14.1. The van der Waals surface area contributed by atoms with Crippen LogP contribution < -0.4 is 5.32 Å². The molecule has 0 atom stereocenters. The van der Waals surface area contributed by atoms with Gasteiger partial charge in [-0.05, 0) is 17.7 Å². The number of benzene rings is 2. The van der Waals surface area contributed by atoms with Crippen LogP contribution in [0, 0.1) is 26.0 Å². The summed E-state index contributed by atoms with van der Waals surface area (Å²) in [4.78, 5) is 32.5. The van der Waals surface area contributed by atoms with Crippen LogP contribution in [0.2, 0.25) is 0 Å². The number of anilines is 1. The smallest absolute Gasteiger partial charge is 0.277 e. The first kappa shape index (κ1) is 18.6. The Balaban J connectivity index is 1.77. The largest absolute Gasteiger partial charge is 0.305 e. The van der Waals surface area contributed by atoms with Gasteiger partial charge in [-0.1, -0.05) is 12.1 Å². The van der Waals surface area contributed by atoms with Crippen LogP contribution in [0.3, 0.4) is 0 Å². The second-order valence-corrected chi connectivity index (χ2v) is 5.73. The van der Waals surface area contributed by atoms with Crippen molar-refractivity contribution in [1.29, 1.82) is 0 Å². The second kappa shape index (κ2) is 7.61. The summed E-state index contributed by atoms with van der Waals surface area (Å²) in [6.07, 6.45) is 1.55. The van der Waals surface area contributed by atoms with Gasteiger partial charge in [0.25, 0.3) is 17.3 Å². The van der Waals surface area contributed by atoms with E-state index in [0.29, 0.717) is 5.56 Å². The van der Waals surface area contributed by atoms with Crippen LogP contribution in [0.15, 0.2) is 54.7 Å². The van der Waals surface area contributed by atoms with Gasteiger partial charge in [0.2, 0.25) is 0 Å². The van der Waals surface area contributed by atoms with Crippen LogP contribution in [0.1, 0.15) is 15.9 Å². The zero-order valence-corrected chi connectivity index (χ0v) is 14.1. The Labute approximate surface area is 156 Å². The fraction of sp³-hybridized carbons (Fsp3) is 0.0588. The lowest BCUT2D eigenvalue weighted by molar-refractivity contribution is -0.394.